The summed E-state index contributed by atoms with van der Waals surface area (Å²) in [6.07, 6.45) is 0. The molecule has 1 heterocycles. The number of nitrogens with one attached hydrogen (secondary N) is 1. The van der Waals surface area contributed by atoms with Crippen LogP contribution in [0.1, 0.15) is 19.4 Å². The molecule has 0 aliphatic heterocycles. The van der Waals surface area contributed by atoms with E-state index in [4.69, 9.17) is 23.2 Å². The van der Waals surface area contributed by atoms with Gasteiger partial charge >= 0.3 is 0 Å². The molecule has 26 heavy (non-hydrogen) atoms. The number of carbonyl (C=O) groups is 1. The summed E-state index contributed by atoms with van der Waals surface area (Å²) in [5.74, 6) is -0.374. The van der Waals surface area contributed by atoms with E-state index >= 15 is 0 Å². The molecule has 0 spiro atoms. The Kier molecular flexibility index (Phi) is 6.74. The Balaban J connectivity index is 1.98. The lowest BCUT2D eigenvalue weighted by Crippen LogP contribution is -2.42. The first-order valence-electron chi connectivity index (χ1n) is 7.76. The van der Waals surface area contributed by atoms with Gasteiger partial charge in [0, 0.05) is 19.0 Å². The number of amides is 1. The highest BCUT2D eigenvalue weighted by Crippen LogP contribution is 2.29. The molecule has 1 amide bonds. The van der Waals surface area contributed by atoms with Crippen molar-refractivity contribution in [3.8, 4) is 0 Å². The Labute approximate surface area is 168 Å². The van der Waals surface area contributed by atoms with Gasteiger partial charge in [-0.05, 0) is 29.1 Å². The molecule has 142 valence electrons. The number of sulfonamides is 1. The first-order chi connectivity index (χ1) is 12.0. The van der Waals surface area contributed by atoms with Crippen molar-refractivity contribution in [2.45, 2.75) is 23.5 Å². The molecule has 2 aromatic rings. The number of likely N-dealkylation sites (N-methyl/N-ethyl adjacent to an activating group) is 1. The van der Waals surface area contributed by atoms with Crippen molar-refractivity contribution in [2.75, 3.05) is 20.1 Å². The van der Waals surface area contributed by atoms with Gasteiger partial charge in [0.25, 0.3) is 10.0 Å². The lowest BCUT2D eigenvalue weighted by molar-refractivity contribution is -0.121. The van der Waals surface area contributed by atoms with Gasteiger partial charge < -0.3 is 5.32 Å². The van der Waals surface area contributed by atoms with Crippen molar-refractivity contribution >= 4 is 50.5 Å². The summed E-state index contributed by atoms with van der Waals surface area (Å²) in [4.78, 5) is 12.2. The average molecular weight is 435 g/mol. The Morgan fingerprint density at radius 2 is 1.92 bits per heavy atom. The molecule has 1 aromatic heterocycles. The number of halogens is 2. The second-order valence-electron chi connectivity index (χ2n) is 6.48. The van der Waals surface area contributed by atoms with E-state index in [0.717, 1.165) is 21.2 Å². The highest BCUT2D eigenvalue weighted by Gasteiger charge is 2.26. The van der Waals surface area contributed by atoms with Crippen molar-refractivity contribution in [3.05, 3.63) is 51.3 Å². The van der Waals surface area contributed by atoms with Crippen molar-refractivity contribution in [1.82, 2.24) is 9.62 Å². The smallest absolute Gasteiger partial charge is 0.252 e. The van der Waals surface area contributed by atoms with E-state index in [-0.39, 0.29) is 16.7 Å². The molecule has 0 aliphatic rings. The summed E-state index contributed by atoms with van der Waals surface area (Å²) in [5, 5.41) is 5.38. The third kappa shape index (κ3) is 4.98. The van der Waals surface area contributed by atoms with E-state index in [1.165, 1.54) is 13.1 Å². The van der Waals surface area contributed by atoms with E-state index < -0.39 is 15.4 Å². The van der Waals surface area contributed by atoms with E-state index in [1.807, 2.05) is 19.9 Å². The second-order valence-corrected chi connectivity index (χ2v) is 10.5. The molecule has 2 rings (SSSR count). The summed E-state index contributed by atoms with van der Waals surface area (Å²) in [6, 6.07) is 8.51. The van der Waals surface area contributed by atoms with Gasteiger partial charge in [-0.3, -0.25) is 4.79 Å². The number of thiophene rings is 1. The van der Waals surface area contributed by atoms with Crippen molar-refractivity contribution in [3.63, 3.8) is 0 Å². The Morgan fingerprint density at radius 1 is 1.23 bits per heavy atom. The van der Waals surface area contributed by atoms with Crippen molar-refractivity contribution in [2.24, 2.45) is 0 Å². The third-order valence-corrected chi connectivity index (χ3v) is 7.87. The van der Waals surface area contributed by atoms with Crippen LogP contribution >= 0.6 is 34.5 Å². The Bertz CT molecular complexity index is 881. The maximum atomic E-state index is 12.3. The normalized spacial score (nSPS) is 12.4. The maximum Gasteiger partial charge on any atom is 0.252 e. The van der Waals surface area contributed by atoms with Gasteiger partial charge in [-0.2, -0.15) is 4.31 Å². The first kappa shape index (κ1) is 21.2. The van der Waals surface area contributed by atoms with E-state index in [0.29, 0.717) is 16.6 Å². The minimum atomic E-state index is -3.65. The summed E-state index contributed by atoms with van der Waals surface area (Å²) in [6.45, 7) is 3.99. The molecule has 0 saturated carbocycles. The monoisotopic (exact) mass is 434 g/mol. The summed E-state index contributed by atoms with van der Waals surface area (Å²) < 4.78 is 26.0. The van der Waals surface area contributed by atoms with Gasteiger partial charge in [0.15, 0.2) is 0 Å². The molecule has 9 heteroatoms. The number of hydrogen-bond acceptors (Lipinski definition) is 4. The van der Waals surface area contributed by atoms with Crippen LogP contribution in [0.3, 0.4) is 0 Å². The zero-order chi connectivity index (χ0) is 19.5. The van der Waals surface area contributed by atoms with Crippen LogP contribution in [-0.2, 0) is 20.2 Å². The van der Waals surface area contributed by atoms with Crippen LogP contribution < -0.4 is 5.32 Å². The second kappa shape index (κ2) is 8.27. The van der Waals surface area contributed by atoms with Gasteiger partial charge in [0.2, 0.25) is 5.91 Å². The number of rotatable bonds is 7. The van der Waals surface area contributed by atoms with E-state index in [2.05, 4.69) is 5.32 Å². The molecule has 0 saturated heterocycles. The predicted octanol–water partition coefficient (Wildman–Crippen LogP) is 3.77. The molecule has 0 radical (unpaired) electrons. The SMILES string of the molecule is CN(CC(=O)NCC(C)(C)c1ccc(Cl)c(Cl)c1)S(=O)(=O)c1cccs1. The van der Waals surface area contributed by atoms with Gasteiger partial charge in [0.05, 0.1) is 16.6 Å². The highest BCUT2D eigenvalue weighted by molar-refractivity contribution is 7.91. The predicted molar refractivity (Wildman–Crippen MR) is 107 cm³/mol. The number of hydrogen-bond donors (Lipinski definition) is 1. The highest BCUT2D eigenvalue weighted by atomic mass is 35.5. The summed E-state index contributed by atoms with van der Waals surface area (Å²) in [5.41, 5.74) is 0.529. The third-order valence-electron chi connectivity index (χ3n) is 3.95. The van der Waals surface area contributed by atoms with Gasteiger partial charge in [-0.25, -0.2) is 8.42 Å². The quantitative estimate of drug-likeness (QED) is 0.720. The largest absolute Gasteiger partial charge is 0.354 e. The number of carbonyl (C=O) groups excluding carboxylic acids is 1. The zero-order valence-electron chi connectivity index (χ0n) is 14.6. The maximum absolute atomic E-state index is 12.3. The fraction of sp³-hybridized carbons (Fsp3) is 0.353. The van der Waals surface area contributed by atoms with Crippen LogP contribution in [-0.4, -0.2) is 38.8 Å². The lowest BCUT2D eigenvalue weighted by Gasteiger charge is -2.26. The molecule has 1 aromatic carbocycles. The number of nitrogens with zero attached hydrogens (tertiary/aromatic N) is 1. The van der Waals surface area contributed by atoms with Crippen LogP contribution in [0.15, 0.2) is 39.9 Å². The fourth-order valence-corrected chi connectivity index (χ4v) is 4.87. The van der Waals surface area contributed by atoms with Crippen molar-refractivity contribution < 1.29 is 13.2 Å². The van der Waals surface area contributed by atoms with Crippen LogP contribution in [0.25, 0.3) is 0 Å². The lowest BCUT2D eigenvalue weighted by atomic mass is 9.84. The molecule has 0 bridgehead atoms. The van der Waals surface area contributed by atoms with E-state index in [1.54, 1.807) is 23.6 Å². The molecule has 5 nitrogen and oxygen atoms in total. The standard InChI is InChI=1S/C17H20Cl2N2O3S2/c1-17(2,12-6-7-13(18)14(19)9-12)11-20-15(22)10-21(3)26(23,24)16-5-4-8-25-16/h4-9H,10-11H2,1-3H3,(H,20,22). The van der Waals surface area contributed by atoms with Crippen LogP contribution in [0.5, 0.6) is 0 Å². The average Bonchev–Trinajstić information content (AvgIpc) is 3.10. The molecule has 1 N–H and O–H groups in total. The van der Waals surface area contributed by atoms with Crippen LogP contribution in [0, 0.1) is 0 Å². The molecular formula is C17H20Cl2N2O3S2. The van der Waals surface area contributed by atoms with Gasteiger partial charge in [-0.1, -0.05) is 49.2 Å². The summed E-state index contributed by atoms with van der Waals surface area (Å²) >= 11 is 13.1. The number of benzene rings is 1. The Morgan fingerprint density at radius 3 is 2.50 bits per heavy atom. The van der Waals surface area contributed by atoms with Crippen LogP contribution in [0.2, 0.25) is 10.0 Å². The molecule has 0 fully saturated rings. The molecule has 0 atom stereocenters. The van der Waals surface area contributed by atoms with Crippen molar-refractivity contribution in [1.29, 1.82) is 0 Å². The topological polar surface area (TPSA) is 66.5 Å². The van der Waals surface area contributed by atoms with E-state index in [9.17, 15) is 13.2 Å². The molecule has 0 unspecified atom stereocenters. The molecular weight excluding hydrogens is 415 g/mol. The summed E-state index contributed by atoms with van der Waals surface area (Å²) in [7, 11) is -2.26. The fourth-order valence-electron chi connectivity index (χ4n) is 2.25. The van der Waals surface area contributed by atoms with Gasteiger partial charge in [0.1, 0.15) is 4.21 Å². The minimum Gasteiger partial charge on any atom is -0.354 e. The minimum absolute atomic E-state index is 0.212. The Hall–Kier alpha value is -1.12. The molecule has 0 aliphatic carbocycles. The van der Waals surface area contributed by atoms with Gasteiger partial charge in [-0.15, -0.1) is 11.3 Å². The van der Waals surface area contributed by atoms with Crippen LogP contribution in [0.4, 0.5) is 0 Å². The first-order valence-corrected chi connectivity index (χ1v) is 10.8. The zero-order valence-corrected chi connectivity index (χ0v) is 17.8.